The Kier molecular flexibility index (Phi) is 11.4. The maximum atomic E-state index is 10.2. The van der Waals surface area contributed by atoms with Crippen LogP contribution in [-0.2, 0) is 21.6 Å². The zero-order valence-corrected chi connectivity index (χ0v) is 9.76. The van der Waals surface area contributed by atoms with Crippen molar-refractivity contribution in [3.8, 4) is 0 Å². The Balaban J connectivity index is 0. The van der Waals surface area contributed by atoms with Gasteiger partial charge in [-0.05, 0) is 12.6 Å². The molecule has 3 nitrogen and oxygen atoms in total. The Bertz CT molecular complexity index is 146. The molecule has 0 heterocycles. The molecule has 0 aromatic rings. The van der Waals surface area contributed by atoms with Crippen LogP contribution in [0.1, 0.15) is 45.4 Å². The van der Waals surface area contributed by atoms with E-state index in [1.807, 2.05) is 0 Å². The minimum atomic E-state index is -4.22. The van der Waals surface area contributed by atoms with Gasteiger partial charge in [-0.1, -0.05) is 46.6 Å². The van der Waals surface area contributed by atoms with E-state index in [0.29, 0.717) is 6.42 Å². The summed E-state index contributed by atoms with van der Waals surface area (Å²) in [5.41, 5.74) is 0. The molecule has 0 fully saturated rings. The van der Waals surface area contributed by atoms with Crippen molar-refractivity contribution in [1.82, 2.24) is 0 Å². The minimum Gasteiger partial charge on any atom is -0.811 e. The predicted octanol–water partition coefficient (Wildman–Crippen LogP) is 1.26. The molecule has 1 radical (unpaired) electrons. The van der Waals surface area contributed by atoms with Crippen LogP contribution >= 0.6 is 7.60 Å². The number of hydrogen-bond acceptors (Lipinski definition) is 3. The molecule has 13 heavy (non-hydrogen) atoms. The third-order valence-corrected chi connectivity index (χ3v) is 2.65. The fourth-order valence-corrected chi connectivity index (χ4v) is 1.70. The third-order valence-electron chi connectivity index (χ3n) is 1.79. The molecule has 5 heteroatoms. The topological polar surface area (TPSA) is 63.2 Å². The van der Waals surface area contributed by atoms with Crippen LogP contribution in [0.25, 0.3) is 0 Å². The average Bonchev–Trinajstić information content (AvgIpc) is 1.94. The third kappa shape index (κ3) is 15.4. The van der Waals surface area contributed by atoms with Crippen LogP contribution in [0.4, 0.5) is 0 Å². The van der Waals surface area contributed by atoms with Crippen molar-refractivity contribution in [3.63, 3.8) is 0 Å². The predicted molar refractivity (Wildman–Crippen MR) is 45.8 cm³/mol. The molecule has 0 rings (SSSR count). The first-order chi connectivity index (χ1) is 5.56. The monoisotopic (exact) mass is 255 g/mol. The van der Waals surface area contributed by atoms with E-state index in [4.69, 9.17) is 0 Å². The van der Waals surface area contributed by atoms with Gasteiger partial charge in [0.25, 0.3) is 0 Å². The van der Waals surface area contributed by atoms with Crippen LogP contribution in [0.2, 0.25) is 0 Å². The molecular weight excluding hydrogens is 239 g/mol. The van der Waals surface area contributed by atoms with Crippen molar-refractivity contribution in [2.75, 3.05) is 6.16 Å². The summed E-state index contributed by atoms with van der Waals surface area (Å²) < 4.78 is 10.2. The normalized spacial score (nSPS) is 11.0. The summed E-state index contributed by atoms with van der Waals surface area (Å²) in [5, 5.41) is 0. The maximum Gasteiger partial charge on any atom is 2.00 e. The molecule has 0 saturated carbocycles. The van der Waals surface area contributed by atoms with Gasteiger partial charge in [-0.2, -0.15) is 0 Å². The molecule has 0 atom stereocenters. The Morgan fingerprint density at radius 1 is 1.00 bits per heavy atom. The summed E-state index contributed by atoms with van der Waals surface area (Å²) in [7, 11) is -4.22. The first-order valence-electron chi connectivity index (χ1n) is 4.57. The summed E-state index contributed by atoms with van der Waals surface area (Å²) in [6, 6.07) is 0. The van der Waals surface area contributed by atoms with Gasteiger partial charge in [0.05, 0.1) is 0 Å². The van der Waals surface area contributed by atoms with Gasteiger partial charge in [-0.15, -0.1) is 0 Å². The van der Waals surface area contributed by atoms with E-state index in [9.17, 15) is 14.4 Å². The van der Waals surface area contributed by atoms with Crippen LogP contribution in [0.3, 0.4) is 0 Å². The summed E-state index contributed by atoms with van der Waals surface area (Å²) >= 11 is 0. The molecule has 0 spiro atoms. The number of hydrogen-bond donors (Lipinski definition) is 0. The van der Waals surface area contributed by atoms with Crippen molar-refractivity contribution < 1.29 is 31.4 Å². The molecule has 0 amide bonds. The van der Waals surface area contributed by atoms with E-state index < -0.39 is 7.60 Å². The second kappa shape index (κ2) is 9.23. The van der Waals surface area contributed by atoms with Crippen LogP contribution in [0, 0.1) is 0 Å². The van der Waals surface area contributed by atoms with Crippen molar-refractivity contribution in [2.24, 2.45) is 0 Å². The minimum absolute atomic E-state index is 0. The molecule has 0 aliphatic rings. The maximum absolute atomic E-state index is 10.2. The molecular formula is C8H17CuO3P. The number of rotatable bonds is 7. The molecule has 0 aliphatic carbocycles. The van der Waals surface area contributed by atoms with E-state index in [1.54, 1.807) is 0 Å². The number of unbranched alkanes of at least 4 members (excludes halogenated alkanes) is 5. The Hall–Kier alpha value is 0.669. The van der Waals surface area contributed by atoms with E-state index in [-0.39, 0.29) is 23.2 Å². The molecule has 0 aliphatic heterocycles. The smallest absolute Gasteiger partial charge is 0.811 e. The molecule has 83 valence electrons. The zero-order chi connectivity index (χ0) is 9.45. The molecule has 0 saturated heterocycles. The Labute approximate surface area is 90.9 Å². The van der Waals surface area contributed by atoms with Gasteiger partial charge in [0.15, 0.2) is 0 Å². The van der Waals surface area contributed by atoms with E-state index in [0.717, 1.165) is 19.3 Å². The largest absolute Gasteiger partial charge is 2.00 e. The van der Waals surface area contributed by atoms with Crippen molar-refractivity contribution in [1.29, 1.82) is 0 Å². The fourth-order valence-electron chi connectivity index (χ4n) is 1.09. The Morgan fingerprint density at radius 2 is 1.46 bits per heavy atom. The van der Waals surface area contributed by atoms with E-state index in [1.165, 1.54) is 12.8 Å². The molecule has 0 unspecified atom stereocenters. The second-order valence-corrected chi connectivity index (χ2v) is 4.77. The van der Waals surface area contributed by atoms with Gasteiger partial charge in [-0.25, -0.2) is 0 Å². The van der Waals surface area contributed by atoms with Crippen LogP contribution in [0.5, 0.6) is 0 Å². The molecule has 0 aromatic carbocycles. The zero-order valence-electron chi connectivity index (χ0n) is 7.92. The van der Waals surface area contributed by atoms with Crippen molar-refractivity contribution >= 4 is 7.60 Å². The first-order valence-corrected chi connectivity index (χ1v) is 6.30. The van der Waals surface area contributed by atoms with Crippen molar-refractivity contribution in [3.05, 3.63) is 0 Å². The summed E-state index contributed by atoms with van der Waals surface area (Å²) in [5.74, 6) is 0. The fraction of sp³-hybridized carbons (Fsp3) is 1.00. The van der Waals surface area contributed by atoms with Crippen LogP contribution in [0.15, 0.2) is 0 Å². The van der Waals surface area contributed by atoms with Gasteiger partial charge in [0.1, 0.15) is 0 Å². The van der Waals surface area contributed by atoms with Gasteiger partial charge in [0.2, 0.25) is 0 Å². The van der Waals surface area contributed by atoms with E-state index >= 15 is 0 Å². The molecule has 0 N–H and O–H groups in total. The second-order valence-electron chi connectivity index (χ2n) is 3.10. The SMILES string of the molecule is CCCCCCCCP(=O)([O-])[O-].[Cu+2]. The van der Waals surface area contributed by atoms with Gasteiger partial charge in [0, 0.05) is 0 Å². The van der Waals surface area contributed by atoms with Gasteiger partial charge in [-0.3, -0.25) is 0 Å². The molecule has 0 bridgehead atoms. The first kappa shape index (κ1) is 16.1. The van der Waals surface area contributed by atoms with Gasteiger partial charge >= 0.3 is 17.1 Å². The Morgan fingerprint density at radius 3 is 1.92 bits per heavy atom. The summed E-state index contributed by atoms with van der Waals surface area (Å²) in [4.78, 5) is 20.4. The summed E-state index contributed by atoms with van der Waals surface area (Å²) in [6.45, 7) is 2.13. The molecule has 0 aromatic heterocycles. The van der Waals surface area contributed by atoms with Crippen molar-refractivity contribution in [2.45, 2.75) is 45.4 Å². The van der Waals surface area contributed by atoms with Crippen LogP contribution < -0.4 is 9.79 Å². The summed E-state index contributed by atoms with van der Waals surface area (Å²) in [6.07, 6.45) is 5.82. The van der Waals surface area contributed by atoms with Gasteiger partial charge < -0.3 is 14.4 Å². The van der Waals surface area contributed by atoms with E-state index in [2.05, 4.69) is 6.92 Å². The standard InChI is InChI=1S/C8H19O3P.Cu/c1-2-3-4-5-6-7-8-12(9,10)11;/h2-8H2,1H3,(H2,9,10,11);/q;+2/p-2. The quantitative estimate of drug-likeness (QED) is 0.391. The average molecular weight is 256 g/mol. The van der Waals surface area contributed by atoms with Crippen LogP contribution in [-0.4, -0.2) is 6.16 Å².